The SMILES string of the molecule is CCCC[C@H]1CC[C@H](C2CCC([C@H]3CC[C@@H](C#N)CC3)CC2)CC1. The lowest BCUT2D eigenvalue weighted by Gasteiger charge is -2.41. The van der Waals surface area contributed by atoms with Crippen LogP contribution in [0.5, 0.6) is 0 Å². The van der Waals surface area contributed by atoms with E-state index >= 15 is 0 Å². The Kier molecular flexibility index (Phi) is 7.06. The maximum absolute atomic E-state index is 9.08. The number of nitrogens with zero attached hydrogens (tertiary/aromatic N) is 1. The van der Waals surface area contributed by atoms with Crippen LogP contribution in [0.2, 0.25) is 0 Å². The highest BCUT2D eigenvalue weighted by Gasteiger charge is 2.34. The van der Waals surface area contributed by atoms with Gasteiger partial charge in [0.05, 0.1) is 6.07 Å². The summed E-state index contributed by atoms with van der Waals surface area (Å²) >= 11 is 0. The Bertz CT molecular complexity index is 385. The standard InChI is InChI=1S/C23H39N/c1-2-3-4-18-5-9-20(10-6-18)22-13-15-23(16-14-22)21-11-7-19(17-24)8-12-21/h18-23H,2-16H2,1H3/t18-,19-,20-,21+,22?,23?. The highest BCUT2D eigenvalue weighted by atomic mass is 14.4. The van der Waals surface area contributed by atoms with Gasteiger partial charge in [0, 0.05) is 5.92 Å². The van der Waals surface area contributed by atoms with Gasteiger partial charge < -0.3 is 0 Å². The van der Waals surface area contributed by atoms with Crippen molar-refractivity contribution < 1.29 is 0 Å². The van der Waals surface area contributed by atoms with E-state index in [1.807, 2.05) is 0 Å². The normalized spacial score (nSPS) is 40.8. The Morgan fingerprint density at radius 2 is 1.08 bits per heavy atom. The molecule has 0 radical (unpaired) electrons. The minimum absolute atomic E-state index is 0.375. The van der Waals surface area contributed by atoms with E-state index in [0.717, 1.165) is 29.6 Å². The summed E-state index contributed by atoms with van der Waals surface area (Å²) in [5.41, 5.74) is 0. The molecule has 136 valence electrons. The molecule has 0 aromatic heterocycles. The lowest BCUT2D eigenvalue weighted by Crippen LogP contribution is -2.29. The Morgan fingerprint density at radius 1 is 0.667 bits per heavy atom. The fraction of sp³-hybridized carbons (Fsp3) is 0.957. The average Bonchev–Trinajstić information content (AvgIpc) is 2.67. The summed E-state index contributed by atoms with van der Waals surface area (Å²) in [5, 5.41) is 9.08. The van der Waals surface area contributed by atoms with Crippen molar-refractivity contribution in [2.75, 3.05) is 0 Å². The molecule has 0 saturated heterocycles. The molecule has 0 aromatic carbocycles. The van der Waals surface area contributed by atoms with Crippen molar-refractivity contribution in [1.82, 2.24) is 0 Å². The molecule has 3 aliphatic rings. The van der Waals surface area contributed by atoms with Crippen molar-refractivity contribution in [3.05, 3.63) is 0 Å². The molecule has 3 rings (SSSR count). The van der Waals surface area contributed by atoms with Crippen LogP contribution >= 0.6 is 0 Å². The van der Waals surface area contributed by atoms with Crippen LogP contribution in [0.1, 0.15) is 103 Å². The Hall–Kier alpha value is -0.510. The molecule has 0 unspecified atom stereocenters. The van der Waals surface area contributed by atoms with E-state index in [9.17, 15) is 0 Å². The van der Waals surface area contributed by atoms with Crippen molar-refractivity contribution in [2.24, 2.45) is 35.5 Å². The van der Waals surface area contributed by atoms with E-state index < -0.39 is 0 Å². The molecular formula is C23H39N. The molecule has 0 spiro atoms. The first kappa shape index (κ1) is 18.3. The largest absolute Gasteiger partial charge is 0.198 e. The van der Waals surface area contributed by atoms with Crippen LogP contribution in [0.25, 0.3) is 0 Å². The molecule has 3 fully saturated rings. The van der Waals surface area contributed by atoms with Crippen molar-refractivity contribution in [1.29, 1.82) is 5.26 Å². The van der Waals surface area contributed by atoms with Crippen LogP contribution in [0.3, 0.4) is 0 Å². The predicted octanol–water partition coefficient (Wildman–Crippen LogP) is 7.12. The molecule has 0 atom stereocenters. The molecule has 0 bridgehead atoms. The predicted molar refractivity (Wildman–Crippen MR) is 101 cm³/mol. The van der Waals surface area contributed by atoms with Gasteiger partial charge in [-0.05, 0) is 93.8 Å². The molecule has 1 nitrogen and oxygen atoms in total. The summed E-state index contributed by atoms with van der Waals surface area (Å²) in [6.45, 7) is 2.33. The van der Waals surface area contributed by atoms with Gasteiger partial charge in [0.15, 0.2) is 0 Å². The zero-order valence-electron chi connectivity index (χ0n) is 16.0. The van der Waals surface area contributed by atoms with Gasteiger partial charge >= 0.3 is 0 Å². The van der Waals surface area contributed by atoms with Gasteiger partial charge in [-0.3, -0.25) is 0 Å². The first-order chi connectivity index (χ1) is 11.8. The lowest BCUT2D eigenvalue weighted by atomic mass is 9.65. The van der Waals surface area contributed by atoms with Gasteiger partial charge in [0.1, 0.15) is 0 Å². The second-order valence-corrected chi connectivity index (χ2v) is 9.34. The second-order valence-electron chi connectivity index (χ2n) is 9.34. The summed E-state index contributed by atoms with van der Waals surface area (Å²) in [5.74, 6) is 5.53. The van der Waals surface area contributed by atoms with E-state index in [2.05, 4.69) is 13.0 Å². The van der Waals surface area contributed by atoms with Crippen molar-refractivity contribution in [3.63, 3.8) is 0 Å². The molecule has 0 heterocycles. The third-order valence-corrected chi connectivity index (χ3v) is 7.96. The first-order valence-corrected chi connectivity index (χ1v) is 11.2. The number of rotatable bonds is 5. The zero-order valence-corrected chi connectivity index (χ0v) is 16.0. The van der Waals surface area contributed by atoms with Crippen LogP contribution in [0.15, 0.2) is 0 Å². The number of hydrogen-bond acceptors (Lipinski definition) is 1. The van der Waals surface area contributed by atoms with Gasteiger partial charge in [-0.2, -0.15) is 5.26 Å². The quantitative estimate of drug-likeness (QED) is 0.526. The molecule has 0 aliphatic heterocycles. The molecule has 0 amide bonds. The highest BCUT2D eigenvalue weighted by Crippen LogP contribution is 2.46. The molecule has 24 heavy (non-hydrogen) atoms. The molecule has 3 aliphatic carbocycles. The third kappa shape index (κ3) is 4.77. The first-order valence-electron chi connectivity index (χ1n) is 11.2. The second kappa shape index (κ2) is 9.26. The van der Waals surface area contributed by atoms with E-state index in [-0.39, 0.29) is 0 Å². The Morgan fingerprint density at radius 3 is 1.50 bits per heavy atom. The van der Waals surface area contributed by atoms with Crippen molar-refractivity contribution >= 4 is 0 Å². The van der Waals surface area contributed by atoms with Crippen LogP contribution < -0.4 is 0 Å². The zero-order chi connectivity index (χ0) is 16.8. The minimum atomic E-state index is 0.375. The van der Waals surface area contributed by atoms with E-state index in [1.54, 1.807) is 0 Å². The van der Waals surface area contributed by atoms with E-state index in [1.165, 1.54) is 96.3 Å². The summed E-state index contributed by atoms with van der Waals surface area (Å²) in [6, 6.07) is 2.49. The summed E-state index contributed by atoms with van der Waals surface area (Å²) in [4.78, 5) is 0. The molecule has 1 heteroatoms. The topological polar surface area (TPSA) is 23.8 Å². The van der Waals surface area contributed by atoms with Crippen molar-refractivity contribution in [2.45, 2.75) is 103 Å². The fourth-order valence-corrected chi connectivity index (χ4v) is 6.25. The van der Waals surface area contributed by atoms with Gasteiger partial charge in [-0.1, -0.05) is 39.0 Å². The lowest BCUT2D eigenvalue weighted by molar-refractivity contribution is 0.107. The monoisotopic (exact) mass is 329 g/mol. The average molecular weight is 330 g/mol. The number of nitriles is 1. The molecule has 0 N–H and O–H groups in total. The van der Waals surface area contributed by atoms with Crippen LogP contribution in [0.4, 0.5) is 0 Å². The summed E-state index contributed by atoms with van der Waals surface area (Å²) in [7, 11) is 0. The third-order valence-electron chi connectivity index (χ3n) is 7.96. The van der Waals surface area contributed by atoms with Crippen LogP contribution in [0, 0.1) is 46.8 Å². The maximum Gasteiger partial charge on any atom is 0.0655 e. The highest BCUT2D eigenvalue weighted by molar-refractivity contribution is 4.90. The summed E-state index contributed by atoms with van der Waals surface area (Å²) in [6.07, 6.45) is 21.6. The number of hydrogen-bond donors (Lipinski definition) is 0. The van der Waals surface area contributed by atoms with Gasteiger partial charge in [0.2, 0.25) is 0 Å². The van der Waals surface area contributed by atoms with E-state index in [4.69, 9.17) is 5.26 Å². The van der Waals surface area contributed by atoms with Crippen LogP contribution in [-0.4, -0.2) is 0 Å². The Labute approximate surface area is 150 Å². The summed E-state index contributed by atoms with van der Waals surface area (Å²) < 4.78 is 0. The van der Waals surface area contributed by atoms with Gasteiger partial charge in [-0.25, -0.2) is 0 Å². The maximum atomic E-state index is 9.08. The smallest absolute Gasteiger partial charge is 0.0655 e. The van der Waals surface area contributed by atoms with Crippen LogP contribution in [-0.2, 0) is 0 Å². The van der Waals surface area contributed by atoms with Gasteiger partial charge in [-0.15, -0.1) is 0 Å². The number of unbranched alkanes of at least 4 members (excludes halogenated alkanes) is 1. The van der Waals surface area contributed by atoms with Crippen molar-refractivity contribution in [3.8, 4) is 6.07 Å². The molecule has 3 saturated carbocycles. The minimum Gasteiger partial charge on any atom is -0.198 e. The molecule has 0 aromatic rings. The van der Waals surface area contributed by atoms with E-state index in [0.29, 0.717) is 5.92 Å². The Balaban J connectivity index is 1.36. The molecular weight excluding hydrogens is 290 g/mol. The fourth-order valence-electron chi connectivity index (χ4n) is 6.25. The van der Waals surface area contributed by atoms with Gasteiger partial charge in [0.25, 0.3) is 0 Å².